The third kappa shape index (κ3) is 4.66. The lowest BCUT2D eigenvalue weighted by Gasteiger charge is -2.18. The van der Waals surface area contributed by atoms with Crippen molar-refractivity contribution in [2.24, 2.45) is 5.41 Å². The van der Waals surface area contributed by atoms with Crippen molar-refractivity contribution < 1.29 is 8.42 Å². The van der Waals surface area contributed by atoms with E-state index in [1.54, 1.807) is 18.2 Å². The quantitative estimate of drug-likeness (QED) is 0.864. The molecule has 0 spiro atoms. The molecule has 0 aliphatic heterocycles. The van der Waals surface area contributed by atoms with Crippen molar-refractivity contribution >= 4 is 15.7 Å². The van der Waals surface area contributed by atoms with Crippen LogP contribution < -0.4 is 10.0 Å². The Morgan fingerprint density at radius 1 is 1.22 bits per heavy atom. The molecular formula is C13H22N2O2S. The lowest BCUT2D eigenvalue weighted by atomic mass is 9.92. The highest BCUT2D eigenvalue weighted by atomic mass is 32.2. The van der Waals surface area contributed by atoms with E-state index in [0.717, 1.165) is 18.7 Å². The van der Waals surface area contributed by atoms with Gasteiger partial charge in [-0.3, -0.25) is 0 Å². The first-order valence-corrected chi connectivity index (χ1v) is 7.50. The maximum Gasteiger partial charge on any atom is 0.240 e. The summed E-state index contributed by atoms with van der Waals surface area (Å²) in [5.41, 5.74) is 1.09. The zero-order valence-corrected chi connectivity index (χ0v) is 12.3. The van der Waals surface area contributed by atoms with Gasteiger partial charge in [0.2, 0.25) is 10.0 Å². The minimum atomic E-state index is -3.36. The summed E-state index contributed by atoms with van der Waals surface area (Å²) in [6, 6.07) is 6.84. The maximum absolute atomic E-state index is 11.6. The minimum Gasteiger partial charge on any atom is -0.385 e. The summed E-state index contributed by atoms with van der Waals surface area (Å²) in [4.78, 5) is 0.283. The Morgan fingerprint density at radius 3 is 2.44 bits per heavy atom. The molecule has 0 fully saturated rings. The van der Waals surface area contributed by atoms with Gasteiger partial charge in [-0.1, -0.05) is 26.8 Å². The molecule has 0 aliphatic carbocycles. The summed E-state index contributed by atoms with van der Waals surface area (Å²) in [5, 5.41) is 3.25. The molecule has 0 aromatic heterocycles. The largest absolute Gasteiger partial charge is 0.385 e. The van der Waals surface area contributed by atoms with E-state index in [4.69, 9.17) is 0 Å². The fourth-order valence-corrected chi connectivity index (χ4v) is 2.25. The van der Waals surface area contributed by atoms with Crippen LogP contribution in [0, 0.1) is 5.41 Å². The maximum atomic E-state index is 11.6. The Kier molecular flexibility index (Phi) is 4.76. The van der Waals surface area contributed by atoms with Gasteiger partial charge in [-0.2, -0.15) is 0 Å². The molecule has 0 radical (unpaired) electrons. The molecule has 0 atom stereocenters. The fraction of sp³-hybridized carbons (Fsp3) is 0.538. The molecule has 0 saturated carbocycles. The topological polar surface area (TPSA) is 58.2 Å². The van der Waals surface area contributed by atoms with Crippen LogP contribution in [0.15, 0.2) is 29.2 Å². The number of benzene rings is 1. The van der Waals surface area contributed by atoms with Gasteiger partial charge in [0.05, 0.1) is 4.90 Å². The molecule has 18 heavy (non-hydrogen) atoms. The normalized spacial score (nSPS) is 12.4. The van der Waals surface area contributed by atoms with Crippen molar-refractivity contribution in [3.05, 3.63) is 24.3 Å². The standard InChI is InChI=1S/C13H22N2O2S/c1-13(2,3)8-9-15-11-6-5-7-12(10-11)18(16,17)14-4/h5-7,10,14-15H,8-9H2,1-4H3. The molecule has 1 aromatic carbocycles. The highest BCUT2D eigenvalue weighted by Crippen LogP contribution is 2.19. The minimum absolute atomic E-state index is 0.266. The molecule has 0 unspecified atom stereocenters. The molecule has 1 rings (SSSR count). The van der Waals surface area contributed by atoms with Crippen LogP contribution in [0.4, 0.5) is 5.69 Å². The summed E-state index contributed by atoms with van der Waals surface area (Å²) in [6.07, 6.45) is 1.02. The molecule has 0 amide bonds. The summed E-state index contributed by atoms with van der Waals surface area (Å²) in [7, 11) is -1.95. The van der Waals surface area contributed by atoms with E-state index in [-0.39, 0.29) is 10.3 Å². The van der Waals surface area contributed by atoms with Gasteiger partial charge >= 0.3 is 0 Å². The smallest absolute Gasteiger partial charge is 0.240 e. The highest BCUT2D eigenvalue weighted by molar-refractivity contribution is 7.89. The van der Waals surface area contributed by atoms with Crippen molar-refractivity contribution in [2.45, 2.75) is 32.1 Å². The van der Waals surface area contributed by atoms with Crippen molar-refractivity contribution in [2.75, 3.05) is 18.9 Å². The lowest BCUT2D eigenvalue weighted by molar-refractivity contribution is 0.390. The van der Waals surface area contributed by atoms with E-state index in [9.17, 15) is 8.42 Å². The van der Waals surface area contributed by atoms with E-state index >= 15 is 0 Å². The molecule has 0 aliphatic rings. The molecule has 0 bridgehead atoms. The van der Waals surface area contributed by atoms with Crippen molar-refractivity contribution in [1.82, 2.24) is 4.72 Å². The van der Waals surface area contributed by atoms with Gasteiger partial charge < -0.3 is 5.32 Å². The van der Waals surface area contributed by atoms with Crippen LogP contribution in [0.1, 0.15) is 27.2 Å². The third-order valence-corrected chi connectivity index (χ3v) is 4.03. The summed E-state index contributed by atoms with van der Waals surface area (Å²) in [6.45, 7) is 7.36. The second-order valence-electron chi connectivity index (χ2n) is 5.47. The summed E-state index contributed by atoms with van der Waals surface area (Å²) >= 11 is 0. The van der Waals surface area contributed by atoms with Crippen molar-refractivity contribution in [1.29, 1.82) is 0 Å². The van der Waals surface area contributed by atoms with Crippen LogP contribution in [0.25, 0.3) is 0 Å². The fourth-order valence-electron chi connectivity index (χ4n) is 1.47. The van der Waals surface area contributed by atoms with Gasteiger partial charge in [0.15, 0.2) is 0 Å². The molecule has 0 heterocycles. The van der Waals surface area contributed by atoms with Gasteiger partial charge in [0, 0.05) is 12.2 Å². The Hall–Kier alpha value is -1.07. The Bertz CT molecular complexity index is 490. The second-order valence-corrected chi connectivity index (χ2v) is 7.36. The molecule has 5 heteroatoms. The van der Waals surface area contributed by atoms with Crippen LogP contribution in [0.5, 0.6) is 0 Å². The molecule has 1 aromatic rings. The van der Waals surface area contributed by atoms with Crippen LogP contribution in [-0.2, 0) is 10.0 Å². The molecular weight excluding hydrogens is 248 g/mol. The van der Waals surface area contributed by atoms with Crippen LogP contribution in [0.2, 0.25) is 0 Å². The third-order valence-electron chi connectivity index (χ3n) is 2.62. The van der Waals surface area contributed by atoms with Gasteiger partial charge in [-0.25, -0.2) is 13.1 Å². The van der Waals surface area contributed by atoms with Gasteiger partial charge in [0.25, 0.3) is 0 Å². The SMILES string of the molecule is CNS(=O)(=O)c1cccc(NCCC(C)(C)C)c1. The average molecular weight is 270 g/mol. The lowest BCUT2D eigenvalue weighted by Crippen LogP contribution is -2.19. The summed E-state index contributed by atoms with van der Waals surface area (Å²) < 4.78 is 25.6. The zero-order valence-electron chi connectivity index (χ0n) is 11.4. The van der Waals surface area contributed by atoms with Gasteiger partial charge in [0.1, 0.15) is 0 Å². The van der Waals surface area contributed by atoms with Crippen LogP contribution in [-0.4, -0.2) is 22.0 Å². The number of sulfonamides is 1. The second kappa shape index (κ2) is 5.71. The number of anilines is 1. The van der Waals surface area contributed by atoms with Gasteiger partial charge in [-0.15, -0.1) is 0 Å². The molecule has 2 N–H and O–H groups in total. The number of rotatable bonds is 5. The Labute approximate surface area is 110 Å². The first kappa shape index (κ1) is 15.0. The summed E-state index contributed by atoms with van der Waals surface area (Å²) in [5.74, 6) is 0. The number of hydrogen-bond acceptors (Lipinski definition) is 3. The van der Waals surface area contributed by atoms with Crippen LogP contribution in [0.3, 0.4) is 0 Å². The van der Waals surface area contributed by atoms with E-state index < -0.39 is 10.0 Å². The van der Waals surface area contributed by atoms with E-state index in [2.05, 4.69) is 30.8 Å². The molecule has 102 valence electrons. The highest BCUT2D eigenvalue weighted by Gasteiger charge is 2.12. The van der Waals surface area contributed by atoms with E-state index in [1.807, 2.05) is 6.07 Å². The zero-order chi connectivity index (χ0) is 13.8. The average Bonchev–Trinajstić information content (AvgIpc) is 2.28. The predicted molar refractivity (Wildman–Crippen MR) is 75.2 cm³/mol. The first-order chi connectivity index (χ1) is 8.24. The van der Waals surface area contributed by atoms with Crippen molar-refractivity contribution in [3.8, 4) is 0 Å². The van der Waals surface area contributed by atoms with Crippen LogP contribution >= 0.6 is 0 Å². The predicted octanol–water partition coefficient (Wildman–Crippen LogP) is 2.44. The molecule has 4 nitrogen and oxygen atoms in total. The number of hydrogen-bond donors (Lipinski definition) is 2. The monoisotopic (exact) mass is 270 g/mol. The Balaban J connectivity index is 2.72. The van der Waals surface area contributed by atoms with E-state index in [0.29, 0.717) is 0 Å². The molecule has 0 saturated heterocycles. The first-order valence-electron chi connectivity index (χ1n) is 6.02. The van der Waals surface area contributed by atoms with Gasteiger partial charge in [-0.05, 0) is 37.1 Å². The van der Waals surface area contributed by atoms with Crippen molar-refractivity contribution in [3.63, 3.8) is 0 Å². The number of nitrogens with one attached hydrogen (secondary N) is 2. The Morgan fingerprint density at radius 2 is 1.89 bits per heavy atom. The van der Waals surface area contributed by atoms with E-state index in [1.165, 1.54) is 7.05 Å².